The molecular weight excluding hydrogens is 358 g/mol. The summed E-state index contributed by atoms with van der Waals surface area (Å²) in [6.07, 6.45) is 6.81. The highest BCUT2D eigenvalue weighted by atomic mass is 35.5. The quantitative estimate of drug-likeness (QED) is 0.584. The third-order valence-electron chi connectivity index (χ3n) is 3.36. The van der Waals surface area contributed by atoms with Gasteiger partial charge in [0.05, 0.1) is 10.6 Å². The van der Waals surface area contributed by atoms with Crippen LogP contribution in [0.15, 0.2) is 53.4 Å². The van der Waals surface area contributed by atoms with Gasteiger partial charge in [0.25, 0.3) is 11.1 Å². The predicted molar refractivity (Wildman–Crippen MR) is 101 cm³/mol. The molecule has 124 valence electrons. The summed E-state index contributed by atoms with van der Waals surface area (Å²) < 4.78 is 5.30. The van der Waals surface area contributed by atoms with E-state index in [0.29, 0.717) is 21.4 Å². The molecule has 2 aromatic carbocycles. The van der Waals surface area contributed by atoms with Crippen LogP contribution in [0.4, 0.5) is 10.5 Å². The van der Waals surface area contributed by atoms with Crippen LogP contribution < -0.4 is 9.64 Å². The number of imide groups is 1. The van der Waals surface area contributed by atoms with E-state index in [1.54, 1.807) is 54.6 Å². The highest BCUT2D eigenvalue weighted by Crippen LogP contribution is 2.36. The molecule has 0 saturated carbocycles. The summed E-state index contributed by atoms with van der Waals surface area (Å²) in [5, 5.41) is 0.107. The largest absolute Gasteiger partial charge is 0.481 e. The number of hydrogen-bond acceptors (Lipinski definition) is 4. The van der Waals surface area contributed by atoms with Gasteiger partial charge in [0.15, 0.2) is 0 Å². The number of terminal acetylenes is 1. The number of thioether (sulfide) groups is 1. The molecule has 3 rings (SSSR count). The fourth-order valence-electron chi connectivity index (χ4n) is 2.24. The molecule has 1 aliphatic rings. The van der Waals surface area contributed by atoms with Crippen LogP contribution in [-0.2, 0) is 4.79 Å². The van der Waals surface area contributed by atoms with Crippen LogP contribution in [0, 0.1) is 12.3 Å². The van der Waals surface area contributed by atoms with Crippen molar-refractivity contribution < 1.29 is 14.3 Å². The lowest BCUT2D eigenvalue weighted by molar-refractivity contribution is -0.113. The summed E-state index contributed by atoms with van der Waals surface area (Å²) in [5.74, 6) is 2.66. The van der Waals surface area contributed by atoms with Crippen molar-refractivity contribution in [3.8, 4) is 18.1 Å². The van der Waals surface area contributed by atoms with Crippen molar-refractivity contribution in [3.05, 3.63) is 64.0 Å². The number of anilines is 1. The maximum absolute atomic E-state index is 12.6. The molecule has 4 nitrogen and oxygen atoms in total. The van der Waals surface area contributed by atoms with Gasteiger partial charge in [0.2, 0.25) is 0 Å². The fourth-order valence-corrected chi connectivity index (χ4v) is 3.27. The summed E-state index contributed by atoms with van der Waals surface area (Å²) in [6.45, 7) is 0.192. The Morgan fingerprint density at radius 2 is 1.96 bits per heavy atom. The number of carbonyl (C=O) groups is 2. The SMILES string of the molecule is C#CCOc1ccc(/C=C2\SC(=O)N(c3cccc(Cl)c3)C2=O)cc1. The van der Waals surface area contributed by atoms with E-state index in [0.717, 1.165) is 22.2 Å². The zero-order chi connectivity index (χ0) is 17.8. The van der Waals surface area contributed by atoms with Crippen LogP contribution in [0.3, 0.4) is 0 Å². The van der Waals surface area contributed by atoms with E-state index in [-0.39, 0.29) is 17.8 Å². The Kier molecular flexibility index (Phi) is 5.13. The number of nitrogens with zero attached hydrogens (tertiary/aromatic N) is 1. The molecule has 0 N–H and O–H groups in total. The van der Waals surface area contributed by atoms with Crippen LogP contribution >= 0.6 is 23.4 Å². The molecular formula is C19H12ClNO3S. The second kappa shape index (κ2) is 7.47. The molecule has 6 heteroatoms. The Hall–Kier alpha value is -2.68. The Labute approximate surface area is 154 Å². The highest BCUT2D eigenvalue weighted by molar-refractivity contribution is 8.19. The van der Waals surface area contributed by atoms with Crippen molar-refractivity contribution in [2.75, 3.05) is 11.5 Å². The summed E-state index contributed by atoms with van der Waals surface area (Å²) in [6, 6.07) is 13.7. The van der Waals surface area contributed by atoms with Gasteiger partial charge in [-0.3, -0.25) is 9.59 Å². The zero-order valence-corrected chi connectivity index (χ0v) is 14.5. The third kappa shape index (κ3) is 3.87. The minimum Gasteiger partial charge on any atom is -0.481 e. The van der Waals surface area contributed by atoms with Crippen LogP contribution in [0.5, 0.6) is 5.75 Å². The summed E-state index contributed by atoms with van der Waals surface area (Å²) in [5.41, 5.74) is 1.24. The molecule has 2 aromatic rings. The van der Waals surface area contributed by atoms with E-state index in [1.807, 2.05) is 0 Å². The van der Waals surface area contributed by atoms with Crippen molar-refractivity contribution in [1.82, 2.24) is 0 Å². The second-order valence-corrected chi connectivity index (χ2v) is 6.49. The standard InChI is InChI=1S/C19H12ClNO3S/c1-2-10-24-16-8-6-13(7-9-16)11-17-18(22)21(19(23)25-17)15-5-3-4-14(20)12-15/h1,3-9,11-12H,10H2/b17-11-. The molecule has 1 fully saturated rings. The third-order valence-corrected chi connectivity index (χ3v) is 4.46. The molecule has 1 saturated heterocycles. The van der Waals surface area contributed by atoms with Crippen molar-refractivity contribution >= 4 is 46.3 Å². The number of benzene rings is 2. The van der Waals surface area contributed by atoms with E-state index in [1.165, 1.54) is 0 Å². The van der Waals surface area contributed by atoms with E-state index >= 15 is 0 Å². The molecule has 0 radical (unpaired) electrons. The van der Waals surface area contributed by atoms with Crippen LogP contribution in [0.25, 0.3) is 6.08 Å². The topological polar surface area (TPSA) is 46.6 Å². The maximum Gasteiger partial charge on any atom is 0.298 e. The minimum absolute atomic E-state index is 0.192. The molecule has 0 bridgehead atoms. The van der Waals surface area contributed by atoms with Crippen molar-refractivity contribution in [3.63, 3.8) is 0 Å². The Morgan fingerprint density at radius 1 is 1.20 bits per heavy atom. The highest BCUT2D eigenvalue weighted by Gasteiger charge is 2.36. The smallest absolute Gasteiger partial charge is 0.298 e. The average molecular weight is 370 g/mol. The number of hydrogen-bond donors (Lipinski definition) is 0. The van der Waals surface area contributed by atoms with Gasteiger partial charge < -0.3 is 4.74 Å². The number of halogens is 1. The number of ether oxygens (including phenoxy) is 1. The van der Waals surface area contributed by atoms with Gasteiger partial charge in [-0.15, -0.1) is 6.42 Å². The number of amides is 2. The molecule has 0 atom stereocenters. The Morgan fingerprint density at radius 3 is 2.64 bits per heavy atom. The van der Waals surface area contributed by atoms with Gasteiger partial charge in [-0.2, -0.15) is 0 Å². The predicted octanol–water partition coefficient (Wildman–Crippen LogP) is 4.59. The lowest BCUT2D eigenvalue weighted by atomic mass is 10.2. The Bertz CT molecular complexity index is 900. The van der Waals surface area contributed by atoms with Gasteiger partial charge in [-0.1, -0.05) is 35.7 Å². The monoisotopic (exact) mass is 369 g/mol. The van der Waals surface area contributed by atoms with Crippen molar-refractivity contribution in [2.24, 2.45) is 0 Å². The van der Waals surface area contributed by atoms with E-state index < -0.39 is 0 Å². The van der Waals surface area contributed by atoms with Gasteiger partial charge >= 0.3 is 0 Å². The molecule has 0 spiro atoms. The van der Waals surface area contributed by atoms with Crippen molar-refractivity contribution in [1.29, 1.82) is 0 Å². The first-order valence-corrected chi connectivity index (χ1v) is 8.48. The molecule has 0 unspecified atom stereocenters. The van der Waals surface area contributed by atoms with Crippen LogP contribution in [-0.4, -0.2) is 17.8 Å². The normalized spacial score (nSPS) is 15.5. The average Bonchev–Trinajstić information content (AvgIpc) is 2.88. The van der Waals surface area contributed by atoms with E-state index in [9.17, 15) is 9.59 Å². The summed E-state index contributed by atoms with van der Waals surface area (Å²) in [7, 11) is 0. The Balaban J connectivity index is 1.82. The number of carbonyl (C=O) groups excluding carboxylic acids is 2. The fraction of sp³-hybridized carbons (Fsp3) is 0.0526. The lowest BCUT2D eigenvalue weighted by Gasteiger charge is -2.12. The first-order valence-electron chi connectivity index (χ1n) is 7.28. The van der Waals surface area contributed by atoms with Gasteiger partial charge in [-0.05, 0) is 53.7 Å². The van der Waals surface area contributed by atoms with Crippen LogP contribution in [0.2, 0.25) is 5.02 Å². The maximum atomic E-state index is 12.6. The van der Waals surface area contributed by atoms with Crippen LogP contribution in [0.1, 0.15) is 5.56 Å². The van der Waals surface area contributed by atoms with Gasteiger partial charge in [0.1, 0.15) is 12.4 Å². The molecule has 0 aliphatic carbocycles. The second-order valence-electron chi connectivity index (χ2n) is 5.06. The van der Waals surface area contributed by atoms with E-state index in [4.69, 9.17) is 22.8 Å². The summed E-state index contributed by atoms with van der Waals surface area (Å²) >= 11 is 6.83. The van der Waals surface area contributed by atoms with Gasteiger partial charge in [0, 0.05) is 5.02 Å². The molecule has 1 aliphatic heterocycles. The lowest BCUT2D eigenvalue weighted by Crippen LogP contribution is -2.27. The minimum atomic E-state index is -0.370. The zero-order valence-electron chi connectivity index (χ0n) is 12.9. The first-order chi connectivity index (χ1) is 12.1. The van der Waals surface area contributed by atoms with E-state index in [2.05, 4.69) is 5.92 Å². The molecule has 1 heterocycles. The first kappa shape index (κ1) is 17.2. The van der Waals surface area contributed by atoms with Crippen molar-refractivity contribution in [2.45, 2.75) is 0 Å². The molecule has 0 aromatic heterocycles. The molecule has 2 amide bonds. The number of rotatable bonds is 4. The van der Waals surface area contributed by atoms with Gasteiger partial charge in [-0.25, -0.2) is 4.90 Å². The molecule has 25 heavy (non-hydrogen) atoms. The summed E-state index contributed by atoms with van der Waals surface area (Å²) in [4.78, 5) is 26.2.